The average molecular weight is 449 g/mol. The number of halogens is 1. The summed E-state index contributed by atoms with van der Waals surface area (Å²) in [5, 5.41) is 22.9. The zero-order valence-corrected chi connectivity index (χ0v) is 17.5. The Kier molecular flexibility index (Phi) is 8.17. The molecule has 0 aliphatic rings. The van der Waals surface area contributed by atoms with Crippen molar-refractivity contribution in [1.82, 2.24) is 10.2 Å². The largest absolute Gasteiger partial charge is 0.380 e. The van der Waals surface area contributed by atoms with Crippen LogP contribution >= 0.6 is 15.9 Å². The fourth-order valence-electron chi connectivity index (χ4n) is 2.69. The van der Waals surface area contributed by atoms with Gasteiger partial charge in [-0.25, -0.2) is 0 Å². The molecular weight excluding hydrogens is 424 g/mol. The number of benzene rings is 2. The molecule has 7 heteroatoms. The van der Waals surface area contributed by atoms with Gasteiger partial charge in [-0.3, -0.25) is 9.59 Å². The maximum Gasteiger partial charge on any atom is 0.254 e. The van der Waals surface area contributed by atoms with Crippen molar-refractivity contribution in [3.63, 3.8) is 0 Å². The third-order valence-corrected chi connectivity index (χ3v) is 5.03. The lowest BCUT2D eigenvalue weighted by atomic mass is 10.1. The number of hydrogen-bond donors (Lipinski definition) is 3. The van der Waals surface area contributed by atoms with Gasteiger partial charge in [-0.15, -0.1) is 0 Å². The molecule has 0 aliphatic heterocycles. The highest BCUT2D eigenvalue weighted by Crippen LogP contribution is 2.17. The number of nitrogens with one attached hydrogen (secondary N) is 1. The van der Waals surface area contributed by atoms with Crippen LogP contribution in [0.3, 0.4) is 0 Å². The van der Waals surface area contributed by atoms with Crippen molar-refractivity contribution in [3.05, 3.63) is 70.2 Å². The van der Waals surface area contributed by atoms with Crippen LogP contribution < -0.4 is 5.32 Å². The van der Waals surface area contributed by atoms with Gasteiger partial charge in [0, 0.05) is 18.1 Å². The zero-order chi connectivity index (χ0) is 20.7. The molecule has 28 heavy (non-hydrogen) atoms. The van der Waals surface area contributed by atoms with Crippen LogP contribution in [0.15, 0.2) is 59.1 Å². The Morgan fingerprint density at radius 2 is 1.64 bits per heavy atom. The summed E-state index contributed by atoms with van der Waals surface area (Å²) in [6, 6.07) is 16.6. The summed E-state index contributed by atoms with van der Waals surface area (Å²) < 4.78 is 0.911. The topological polar surface area (TPSA) is 89.9 Å². The Morgan fingerprint density at radius 1 is 1.04 bits per heavy atom. The minimum Gasteiger partial charge on any atom is -0.380 e. The molecule has 3 atom stereocenters. The van der Waals surface area contributed by atoms with E-state index in [1.54, 1.807) is 6.92 Å². The van der Waals surface area contributed by atoms with E-state index in [1.807, 2.05) is 54.6 Å². The van der Waals surface area contributed by atoms with Gasteiger partial charge < -0.3 is 20.4 Å². The van der Waals surface area contributed by atoms with Crippen LogP contribution in [0.25, 0.3) is 0 Å². The Hall–Kier alpha value is -2.22. The lowest BCUT2D eigenvalue weighted by molar-refractivity contribution is -0.152. The number of aliphatic hydroxyl groups excluding tert-OH is 2. The number of rotatable bonds is 8. The first-order chi connectivity index (χ1) is 13.3. The van der Waals surface area contributed by atoms with Crippen molar-refractivity contribution >= 4 is 27.7 Å². The molecule has 0 fully saturated rings. The van der Waals surface area contributed by atoms with Crippen LogP contribution in [0.2, 0.25) is 0 Å². The average Bonchev–Trinajstić information content (AvgIpc) is 2.71. The highest BCUT2D eigenvalue weighted by molar-refractivity contribution is 9.10. The summed E-state index contributed by atoms with van der Waals surface area (Å²) in [5.74, 6) is -1.50. The monoisotopic (exact) mass is 448 g/mol. The van der Waals surface area contributed by atoms with E-state index < -0.39 is 24.0 Å². The summed E-state index contributed by atoms with van der Waals surface area (Å²) >= 11 is 3.34. The number of carbonyl (C=O) groups is 2. The first kappa shape index (κ1) is 22.1. The maximum absolute atomic E-state index is 12.3. The minimum absolute atomic E-state index is 0.365. The highest BCUT2D eigenvalue weighted by Gasteiger charge is 2.32. The van der Waals surface area contributed by atoms with Gasteiger partial charge in [-0.2, -0.15) is 0 Å². The minimum atomic E-state index is -1.84. The molecule has 3 N–H and O–H groups in total. The third-order valence-electron chi connectivity index (χ3n) is 4.50. The molecule has 0 saturated carbocycles. The Morgan fingerprint density at radius 3 is 2.25 bits per heavy atom. The summed E-state index contributed by atoms with van der Waals surface area (Å²) in [7, 11) is 1.53. The molecule has 2 amide bonds. The molecule has 2 aromatic rings. The van der Waals surface area contributed by atoms with E-state index in [9.17, 15) is 19.8 Å². The van der Waals surface area contributed by atoms with Gasteiger partial charge in [0.05, 0.1) is 6.04 Å². The fraction of sp³-hybridized carbons (Fsp3) is 0.333. The van der Waals surface area contributed by atoms with E-state index in [2.05, 4.69) is 21.2 Å². The molecule has 6 nitrogen and oxygen atoms in total. The fourth-order valence-corrected chi connectivity index (χ4v) is 2.95. The lowest BCUT2D eigenvalue weighted by Crippen LogP contribution is -2.50. The van der Waals surface area contributed by atoms with Gasteiger partial charge in [0.15, 0.2) is 12.2 Å². The van der Waals surface area contributed by atoms with Gasteiger partial charge in [0.1, 0.15) is 0 Å². The highest BCUT2D eigenvalue weighted by atomic mass is 79.9. The molecular formula is C21H25BrN2O4. The van der Waals surface area contributed by atoms with Crippen LogP contribution in [0.1, 0.15) is 24.1 Å². The molecule has 0 heterocycles. The quantitative estimate of drug-likeness (QED) is 0.576. The predicted octanol–water partition coefficient (Wildman–Crippen LogP) is 2.05. The Bertz CT molecular complexity index is 783. The summed E-state index contributed by atoms with van der Waals surface area (Å²) in [5.41, 5.74) is 1.89. The van der Waals surface area contributed by atoms with Crippen LogP contribution in [-0.4, -0.2) is 52.7 Å². The summed E-state index contributed by atoms with van der Waals surface area (Å²) in [6.07, 6.45) is -3.05. The van der Waals surface area contributed by atoms with E-state index >= 15 is 0 Å². The van der Waals surface area contributed by atoms with Crippen molar-refractivity contribution in [2.45, 2.75) is 31.6 Å². The predicted molar refractivity (Wildman–Crippen MR) is 110 cm³/mol. The molecule has 0 aliphatic carbocycles. The number of amides is 2. The van der Waals surface area contributed by atoms with E-state index in [0.29, 0.717) is 13.0 Å². The molecule has 150 valence electrons. The van der Waals surface area contributed by atoms with Gasteiger partial charge in [-0.05, 0) is 36.6 Å². The number of nitrogens with zero attached hydrogens (tertiary/aromatic N) is 1. The maximum atomic E-state index is 12.3. The van der Waals surface area contributed by atoms with Crippen LogP contribution in [0, 0.1) is 0 Å². The van der Waals surface area contributed by atoms with E-state index in [4.69, 9.17) is 0 Å². The lowest BCUT2D eigenvalue weighted by Gasteiger charge is -2.24. The number of hydrogen-bond acceptors (Lipinski definition) is 4. The third kappa shape index (κ3) is 6.15. The number of aliphatic hydroxyl groups is 2. The molecule has 0 bridgehead atoms. The van der Waals surface area contributed by atoms with Gasteiger partial charge in [-0.1, -0.05) is 58.4 Å². The number of carbonyl (C=O) groups excluding carboxylic acids is 2. The van der Waals surface area contributed by atoms with E-state index in [1.165, 1.54) is 11.9 Å². The molecule has 0 aromatic heterocycles. The zero-order valence-electron chi connectivity index (χ0n) is 15.9. The van der Waals surface area contributed by atoms with Crippen molar-refractivity contribution in [3.8, 4) is 0 Å². The van der Waals surface area contributed by atoms with Gasteiger partial charge in [0.2, 0.25) is 0 Å². The Labute approximate surface area is 173 Å². The normalized spacial score (nSPS) is 14.0. The van der Waals surface area contributed by atoms with Crippen LogP contribution in [-0.2, 0) is 16.0 Å². The molecule has 0 spiro atoms. The number of likely N-dealkylation sites (N-methyl/N-ethyl adjacent to an activating group) is 1. The molecule has 0 saturated heterocycles. The summed E-state index contributed by atoms with van der Waals surface area (Å²) in [4.78, 5) is 25.9. The molecule has 2 aromatic carbocycles. The first-order valence-electron chi connectivity index (χ1n) is 9.00. The van der Waals surface area contributed by atoms with Gasteiger partial charge in [0.25, 0.3) is 11.8 Å². The van der Waals surface area contributed by atoms with E-state index in [-0.39, 0.29) is 6.04 Å². The van der Waals surface area contributed by atoms with Crippen LogP contribution in [0.5, 0.6) is 0 Å². The molecule has 0 unspecified atom stereocenters. The smallest absolute Gasteiger partial charge is 0.254 e. The SMILES string of the molecule is C[C@H](NC(=O)[C@H](O)[C@@H](O)C(=O)N(C)CCc1ccccc1)c1ccc(Br)cc1. The van der Waals surface area contributed by atoms with Crippen molar-refractivity contribution in [1.29, 1.82) is 0 Å². The van der Waals surface area contributed by atoms with Crippen LogP contribution in [0.4, 0.5) is 0 Å². The van der Waals surface area contributed by atoms with Gasteiger partial charge >= 0.3 is 0 Å². The van der Waals surface area contributed by atoms with Crippen molar-refractivity contribution in [2.75, 3.05) is 13.6 Å². The van der Waals surface area contributed by atoms with E-state index in [0.717, 1.165) is 15.6 Å². The summed E-state index contributed by atoms with van der Waals surface area (Å²) in [6.45, 7) is 2.12. The van der Waals surface area contributed by atoms with Crippen molar-refractivity contribution < 1.29 is 19.8 Å². The molecule has 0 radical (unpaired) electrons. The molecule has 2 rings (SSSR count). The second-order valence-electron chi connectivity index (χ2n) is 6.67. The second kappa shape index (κ2) is 10.4. The second-order valence-corrected chi connectivity index (χ2v) is 7.58. The Balaban J connectivity index is 1.88. The standard InChI is InChI=1S/C21H25BrN2O4/c1-14(16-8-10-17(22)11-9-16)23-20(27)18(25)19(26)21(28)24(2)13-12-15-6-4-3-5-7-15/h3-11,14,18-19,25-26H,12-13H2,1-2H3,(H,23,27)/t14-,18+,19+/m0/s1. The van der Waals surface area contributed by atoms with Crippen molar-refractivity contribution in [2.24, 2.45) is 0 Å². The first-order valence-corrected chi connectivity index (χ1v) is 9.79.